The van der Waals surface area contributed by atoms with Crippen molar-refractivity contribution in [3.63, 3.8) is 0 Å². The van der Waals surface area contributed by atoms with E-state index in [9.17, 15) is 9.59 Å². The highest BCUT2D eigenvalue weighted by molar-refractivity contribution is 7.09. The maximum atomic E-state index is 12.3. The third-order valence-corrected chi connectivity index (χ3v) is 4.71. The number of hydrogen-bond acceptors (Lipinski definition) is 5. The number of thiazole rings is 1. The number of rotatable bonds is 5. The number of nitrogens with zero attached hydrogens (tertiary/aromatic N) is 1. The van der Waals surface area contributed by atoms with Gasteiger partial charge in [-0.1, -0.05) is 13.8 Å². The van der Waals surface area contributed by atoms with E-state index in [-0.39, 0.29) is 18.2 Å². The van der Waals surface area contributed by atoms with E-state index in [0.29, 0.717) is 31.7 Å². The molecule has 116 valence electrons. The van der Waals surface area contributed by atoms with Gasteiger partial charge in [-0.15, -0.1) is 11.3 Å². The molecule has 0 saturated carbocycles. The monoisotopic (exact) mass is 312 g/mol. The molecule has 0 atom stereocenters. The molecule has 1 amide bonds. The molecule has 21 heavy (non-hydrogen) atoms. The maximum Gasteiger partial charge on any atom is 0.305 e. The van der Waals surface area contributed by atoms with Crippen molar-refractivity contribution in [2.24, 2.45) is 0 Å². The predicted octanol–water partition coefficient (Wildman–Crippen LogP) is 2.02. The highest BCUT2D eigenvalue weighted by Crippen LogP contribution is 2.26. The minimum Gasteiger partial charge on any atom is -0.481 e. The second-order valence-corrected chi connectivity index (χ2v) is 6.53. The van der Waals surface area contributed by atoms with E-state index in [4.69, 9.17) is 9.84 Å². The lowest BCUT2D eigenvalue weighted by Gasteiger charge is -2.36. The van der Waals surface area contributed by atoms with Crippen molar-refractivity contribution < 1.29 is 19.4 Å². The number of amides is 1. The number of aromatic nitrogens is 1. The molecule has 0 unspecified atom stereocenters. The normalized spacial score (nSPS) is 17.7. The van der Waals surface area contributed by atoms with Crippen LogP contribution < -0.4 is 5.32 Å². The van der Waals surface area contributed by atoms with Gasteiger partial charge in [0.15, 0.2) is 0 Å². The lowest BCUT2D eigenvalue weighted by molar-refractivity contribution is -0.139. The minimum absolute atomic E-state index is 0.0940. The summed E-state index contributed by atoms with van der Waals surface area (Å²) in [6.07, 6.45) is 0.918. The largest absolute Gasteiger partial charge is 0.481 e. The molecular weight excluding hydrogens is 292 g/mol. The lowest BCUT2D eigenvalue weighted by atomic mass is 9.86. The van der Waals surface area contributed by atoms with Crippen LogP contribution in [0.2, 0.25) is 0 Å². The first-order valence-corrected chi connectivity index (χ1v) is 7.87. The molecule has 1 aliphatic rings. The molecule has 6 nitrogen and oxygen atoms in total. The van der Waals surface area contributed by atoms with Gasteiger partial charge in [0.2, 0.25) is 0 Å². The number of carboxylic acid groups (broad SMARTS) is 1. The molecule has 1 saturated heterocycles. The topological polar surface area (TPSA) is 88.5 Å². The van der Waals surface area contributed by atoms with Crippen molar-refractivity contribution in [1.82, 2.24) is 10.3 Å². The smallest absolute Gasteiger partial charge is 0.305 e. The Bertz CT molecular complexity index is 521. The fourth-order valence-electron chi connectivity index (χ4n) is 2.36. The molecule has 2 rings (SSSR count). The van der Waals surface area contributed by atoms with E-state index in [2.05, 4.69) is 10.3 Å². The van der Waals surface area contributed by atoms with Crippen LogP contribution in [-0.2, 0) is 9.53 Å². The number of carbonyl (C=O) groups excluding carboxylic acids is 1. The van der Waals surface area contributed by atoms with Gasteiger partial charge in [-0.05, 0) is 12.8 Å². The number of carboxylic acids is 1. The predicted molar refractivity (Wildman–Crippen MR) is 78.7 cm³/mol. The standard InChI is InChI=1S/C14H20N2O4S/c1-9(2)13-15-10(8-21-13)12(19)16-14(7-11(17)18)3-5-20-6-4-14/h8-9H,3-7H2,1-2H3,(H,16,19)(H,17,18). The number of nitrogens with one attached hydrogen (secondary N) is 1. The van der Waals surface area contributed by atoms with Crippen LogP contribution in [0.15, 0.2) is 5.38 Å². The van der Waals surface area contributed by atoms with Crippen molar-refractivity contribution in [1.29, 1.82) is 0 Å². The average Bonchev–Trinajstić information content (AvgIpc) is 2.88. The first-order valence-electron chi connectivity index (χ1n) is 6.99. The molecule has 2 N–H and O–H groups in total. The highest BCUT2D eigenvalue weighted by Gasteiger charge is 2.37. The first kappa shape index (κ1) is 15.9. The SMILES string of the molecule is CC(C)c1nc(C(=O)NC2(CC(=O)O)CCOCC2)cs1. The van der Waals surface area contributed by atoms with E-state index >= 15 is 0 Å². The molecule has 0 aromatic carbocycles. The molecule has 0 radical (unpaired) electrons. The summed E-state index contributed by atoms with van der Waals surface area (Å²) in [6.45, 7) is 4.96. The summed E-state index contributed by atoms with van der Waals surface area (Å²) in [6, 6.07) is 0. The quantitative estimate of drug-likeness (QED) is 0.868. The number of hydrogen-bond donors (Lipinski definition) is 2. The van der Waals surface area contributed by atoms with Gasteiger partial charge < -0.3 is 15.2 Å². The molecule has 0 spiro atoms. The van der Waals surface area contributed by atoms with E-state index in [1.54, 1.807) is 5.38 Å². The molecule has 1 fully saturated rings. The van der Waals surface area contributed by atoms with Crippen molar-refractivity contribution in [3.05, 3.63) is 16.1 Å². The maximum absolute atomic E-state index is 12.3. The summed E-state index contributed by atoms with van der Waals surface area (Å²) in [5.41, 5.74) is -0.372. The number of aliphatic carboxylic acids is 1. The van der Waals surface area contributed by atoms with Crippen LogP contribution in [-0.4, -0.2) is 40.7 Å². The molecule has 0 aliphatic carbocycles. The van der Waals surface area contributed by atoms with Gasteiger partial charge in [-0.25, -0.2) is 4.98 Å². The number of carbonyl (C=O) groups is 2. The van der Waals surface area contributed by atoms with E-state index < -0.39 is 11.5 Å². The van der Waals surface area contributed by atoms with Gasteiger partial charge >= 0.3 is 5.97 Å². The van der Waals surface area contributed by atoms with Crippen molar-refractivity contribution >= 4 is 23.2 Å². The van der Waals surface area contributed by atoms with Crippen LogP contribution >= 0.6 is 11.3 Å². The summed E-state index contributed by atoms with van der Waals surface area (Å²) < 4.78 is 5.27. The fourth-order valence-corrected chi connectivity index (χ4v) is 3.17. The Balaban J connectivity index is 2.11. The van der Waals surface area contributed by atoms with Crippen LogP contribution in [0, 0.1) is 0 Å². The van der Waals surface area contributed by atoms with Crippen LogP contribution in [0.3, 0.4) is 0 Å². The first-order chi connectivity index (χ1) is 9.92. The van der Waals surface area contributed by atoms with E-state index in [0.717, 1.165) is 5.01 Å². The van der Waals surface area contributed by atoms with Gasteiger partial charge in [0, 0.05) is 24.5 Å². The summed E-state index contributed by atoms with van der Waals surface area (Å²) in [5, 5.41) is 14.6. The van der Waals surface area contributed by atoms with Gasteiger partial charge in [0.1, 0.15) is 5.69 Å². The fraction of sp³-hybridized carbons (Fsp3) is 0.643. The van der Waals surface area contributed by atoms with Gasteiger partial charge in [0.05, 0.1) is 17.0 Å². The van der Waals surface area contributed by atoms with Crippen LogP contribution in [0.1, 0.15) is 54.5 Å². The molecule has 2 heterocycles. The Morgan fingerprint density at radius 3 is 2.67 bits per heavy atom. The second kappa shape index (κ2) is 6.53. The second-order valence-electron chi connectivity index (χ2n) is 5.64. The van der Waals surface area contributed by atoms with Crippen molar-refractivity contribution in [3.8, 4) is 0 Å². The van der Waals surface area contributed by atoms with E-state index in [1.807, 2.05) is 13.8 Å². The number of ether oxygens (including phenoxy) is 1. The summed E-state index contributed by atoms with van der Waals surface area (Å²) >= 11 is 1.45. The summed E-state index contributed by atoms with van der Waals surface area (Å²) in [4.78, 5) is 27.7. The van der Waals surface area contributed by atoms with Crippen molar-refractivity contribution in [2.45, 2.75) is 44.6 Å². The lowest BCUT2D eigenvalue weighted by Crippen LogP contribution is -2.53. The molecule has 1 aromatic heterocycles. The van der Waals surface area contributed by atoms with Gasteiger partial charge in [0.25, 0.3) is 5.91 Å². The summed E-state index contributed by atoms with van der Waals surface area (Å²) in [7, 11) is 0. The molecule has 1 aromatic rings. The van der Waals surface area contributed by atoms with E-state index in [1.165, 1.54) is 11.3 Å². The Morgan fingerprint density at radius 1 is 1.48 bits per heavy atom. The zero-order valence-corrected chi connectivity index (χ0v) is 13.0. The van der Waals surface area contributed by atoms with Gasteiger partial charge in [-0.3, -0.25) is 9.59 Å². The van der Waals surface area contributed by atoms with Crippen LogP contribution in [0.25, 0.3) is 0 Å². The third-order valence-electron chi connectivity index (χ3n) is 3.57. The molecular formula is C14H20N2O4S. The Morgan fingerprint density at radius 2 is 2.14 bits per heavy atom. The third kappa shape index (κ3) is 4.01. The highest BCUT2D eigenvalue weighted by atomic mass is 32.1. The molecule has 1 aliphatic heterocycles. The Hall–Kier alpha value is -1.47. The van der Waals surface area contributed by atoms with Crippen LogP contribution in [0.4, 0.5) is 0 Å². The summed E-state index contributed by atoms with van der Waals surface area (Å²) in [5.74, 6) is -0.952. The average molecular weight is 312 g/mol. The molecule has 7 heteroatoms. The van der Waals surface area contributed by atoms with Crippen LogP contribution in [0.5, 0.6) is 0 Å². The van der Waals surface area contributed by atoms with Crippen molar-refractivity contribution in [2.75, 3.05) is 13.2 Å². The van der Waals surface area contributed by atoms with Gasteiger partial charge in [-0.2, -0.15) is 0 Å². The zero-order valence-electron chi connectivity index (χ0n) is 12.2. The Kier molecular flexibility index (Phi) is 4.95. The minimum atomic E-state index is -0.918. The Labute approximate surface area is 127 Å². The molecule has 0 bridgehead atoms. The zero-order chi connectivity index (χ0) is 15.5.